The highest BCUT2D eigenvalue weighted by atomic mass is 19.4. The number of carboxylic acid groups (broad SMARTS) is 1. The third kappa shape index (κ3) is 6.26. The topological polar surface area (TPSA) is 123 Å². The number of benzene rings is 3. The number of carbonyl (C=O) groups is 1. The highest BCUT2D eigenvalue weighted by Gasteiger charge is 2.32. The largest absolute Gasteiger partial charge is 0.496 e. The van der Waals surface area contributed by atoms with Crippen LogP contribution in [0.2, 0.25) is 0 Å². The number of fused-ring (bicyclic) bond motifs is 2. The van der Waals surface area contributed by atoms with Crippen molar-refractivity contribution in [1.82, 2.24) is 14.5 Å². The fourth-order valence-electron chi connectivity index (χ4n) is 5.89. The van der Waals surface area contributed by atoms with E-state index in [0.29, 0.717) is 70.5 Å². The lowest BCUT2D eigenvalue weighted by atomic mass is 10.0. The van der Waals surface area contributed by atoms with Gasteiger partial charge in [-0.25, -0.2) is 14.8 Å². The monoisotopic (exact) mass is 677 g/mol. The van der Waals surface area contributed by atoms with Gasteiger partial charge in [-0.3, -0.25) is 0 Å². The summed E-state index contributed by atoms with van der Waals surface area (Å²) in [5, 5.41) is 9.72. The number of methoxy groups -OCH3 is 2. The van der Waals surface area contributed by atoms with E-state index in [4.69, 9.17) is 33.4 Å². The van der Waals surface area contributed by atoms with Crippen molar-refractivity contribution in [3.05, 3.63) is 88.7 Å². The van der Waals surface area contributed by atoms with Gasteiger partial charge in [0.25, 0.3) is 0 Å². The zero-order chi connectivity index (χ0) is 34.3. The standard InChI is InChI=1S/C35H30F3N3O8/c1-44-27-15-22(35(36,37)38)8-6-20(27)17-47-30-5-3-4-25(39-30)24-9-7-19(32-33(24)49-18-48-32)14-29-40-31-26(41(29)16-23-10-11-46-23)12-21(34(42)43)13-28(31)45-2/h3-9,12-13,15,23H,10-11,14,16-18H2,1-2H3,(H,42,43)/t23-/m0/s1. The fraction of sp³-hybridized carbons (Fsp3) is 0.286. The second-order valence-corrected chi connectivity index (χ2v) is 11.5. The molecule has 0 radical (unpaired) electrons. The molecule has 0 spiro atoms. The molecule has 254 valence electrons. The number of rotatable bonds is 11. The zero-order valence-corrected chi connectivity index (χ0v) is 26.4. The highest BCUT2D eigenvalue weighted by Crippen LogP contribution is 2.45. The van der Waals surface area contributed by atoms with E-state index in [9.17, 15) is 23.1 Å². The molecule has 49 heavy (non-hydrogen) atoms. The van der Waals surface area contributed by atoms with Gasteiger partial charge in [0.15, 0.2) is 11.5 Å². The number of aromatic nitrogens is 3. The fourth-order valence-corrected chi connectivity index (χ4v) is 5.89. The van der Waals surface area contributed by atoms with Gasteiger partial charge in [-0.1, -0.05) is 18.2 Å². The Morgan fingerprint density at radius 3 is 2.47 bits per heavy atom. The molecule has 1 N–H and O–H groups in total. The Bertz CT molecular complexity index is 2060. The number of carboxylic acids is 1. The Balaban J connectivity index is 1.18. The summed E-state index contributed by atoms with van der Waals surface area (Å²) in [4.78, 5) is 21.4. The summed E-state index contributed by atoms with van der Waals surface area (Å²) >= 11 is 0. The zero-order valence-electron chi connectivity index (χ0n) is 26.4. The van der Waals surface area contributed by atoms with Crippen LogP contribution in [-0.4, -0.2) is 59.3 Å². The molecule has 1 saturated heterocycles. The van der Waals surface area contributed by atoms with Crippen molar-refractivity contribution in [2.45, 2.75) is 38.3 Å². The van der Waals surface area contributed by atoms with Crippen molar-refractivity contribution in [3.63, 3.8) is 0 Å². The van der Waals surface area contributed by atoms with E-state index < -0.39 is 17.7 Å². The molecule has 0 unspecified atom stereocenters. The Morgan fingerprint density at radius 1 is 0.980 bits per heavy atom. The second kappa shape index (κ2) is 12.8. The molecule has 1 atom stereocenters. The van der Waals surface area contributed by atoms with Gasteiger partial charge in [0.05, 0.1) is 49.2 Å². The van der Waals surface area contributed by atoms with Gasteiger partial charge in [-0.2, -0.15) is 13.2 Å². The molecule has 4 heterocycles. The second-order valence-electron chi connectivity index (χ2n) is 11.5. The maximum absolute atomic E-state index is 13.2. The molecule has 3 aromatic carbocycles. The minimum Gasteiger partial charge on any atom is -0.496 e. The van der Waals surface area contributed by atoms with E-state index in [1.807, 2.05) is 16.7 Å². The SMILES string of the molecule is COc1cc(C(F)(F)F)ccc1COc1cccc(-c2ccc(Cc3nc4c(OC)cc(C(=O)O)cc4n3C[C@@H]3CCO3)c3c2OCO3)n1. The van der Waals surface area contributed by atoms with Crippen molar-refractivity contribution in [1.29, 1.82) is 0 Å². The molecule has 11 nitrogen and oxygen atoms in total. The van der Waals surface area contributed by atoms with Crippen molar-refractivity contribution < 1.29 is 51.5 Å². The van der Waals surface area contributed by atoms with Crippen LogP contribution in [0.5, 0.6) is 28.9 Å². The summed E-state index contributed by atoms with van der Waals surface area (Å²) < 4.78 is 75.6. The van der Waals surface area contributed by atoms with Crippen molar-refractivity contribution in [2.75, 3.05) is 27.6 Å². The maximum Gasteiger partial charge on any atom is 0.416 e. The van der Waals surface area contributed by atoms with Gasteiger partial charge in [-0.05, 0) is 42.8 Å². The Labute approximate surface area is 277 Å². The van der Waals surface area contributed by atoms with Crippen LogP contribution in [-0.2, 0) is 30.5 Å². The predicted molar refractivity (Wildman–Crippen MR) is 169 cm³/mol. The molecular formula is C35H30F3N3O8. The van der Waals surface area contributed by atoms with Crippen molar-refractivity contribution >= 4 is 17.0 Å². The lowest BCUT2D eigenvalue weighted by molar-refractivity contribution is -0.137. The van der Waals surface area contributed by atoms with Crippen LogP contribution in [0.4, 0.5) is 13.2 Å². The number of ether oxygens (including phenoxy) is 6. The van der Waals surface area contributed by atoms with Crippen molar-refractivity contribution in [3.8, 4) is 40.1 Å². The molecular weight excluding hydrogens is 647 g/mol. The third-order valence-corrected chi connectivity index (χ3v) is 8.48. The number of nitrogens with zero attached hydrogens (tertiary/aromatic N) is 3. The van der Waals surface area contributed by atoms with Gasteiger partial charge in [-0.15, -0.1) is 0 Å². The van der Waals surface area contributed by atoms with E-state index in [-0.39, 0.29) is 36.7 Å². The molecule has 2 aliphatic rings. The van der Waals surface area contributed by atoms with E-state index in [2.05, 4.69) is 4.98 Å². The first kappa shape index (κ1) is 32.1. The smallest absolute Gasteiger partial charge is 0.416 e. The molecule has 7 rings (SSSR count). The number of pyridine rings is 1. The number of halogens is 3. The summed E-state index contributed by atoms with van der Waals surface area (Å²) in [6.45, 7) is 1.08. The molecule has 2 aliphatic heterocycles. The molecule has 0 bridgehead atoms. The summed E-state index contributed by atoms with van der Waals surface area (Å²) in [5.41, 5.74) is 2.85. The number of hydrogen-bond acceptors (Lipinski definition) is 9. The molecule has 2 aromatic heterocycles. The number of alkyl halides is 3. The minimum absolute atomic E-state index is 0.00855. The van der Waals surface area contributed by atoms with Crippen LogP contribution < -0.4 is 23.7 Å². The molecule has 0 aliphatic carbocycles. The van der Waals surface area contributed by atoms with Crippen LogP contribution in [0.1, 0.15) is 39.3 Å². The van der Waals surface area contributed by atoms with Gasteiger partial charge >= 0.3 is 12.1 Å². The van der Waals surface area contributed by atoms with E-state index in [1.54, 1.807) is 24.3 Å². The van der Waals surface area contributed by atoms with Crippen LogP contribution in [0, 0.1) is 0 Å². The average Bonchev–Trinajstić information content (AvgIpc) is 3.70. The lowest BCUT2D eigenvalue weighted by Gasteiger charge is -2.27. The third-order valence-electron chi connectivity index (χ3n) is 8.48. The first-order chi connectivity index (χ1) is 23.6. The van der Waals surface area contributed by atoms with E-state index in [1.165, 1.54) is 26.4 Å². The summed E-state index contributed by atoms with van der Waals surface area (Å²) in [6.07, 6.45) is -3.30. The van der Waals surface area contributed by atoms with Crippen LogP contribution >= 0.6 is 0 Å². The van der Waals surface area contributed by atoms with Crippen LogP contribution in [0.3, 0.4) is 0 Å². The van der Waals surface area contributed by atoms with Gasteiger partial charge in [0.1, 0.15) is 29.4 Å². The number of imidazole rings is 1. The van der Waals surface area contributed by atoms with Crippen LogP contribution in [0.15, 0.2) is 60.7 Å². The highest BCUT2D eigenvalue weighted by molar-refractivity contribution is 5.95. The van der Waals surface area contributed by atoms with Gasteiger partial charge in [0, 0.05) is 35.8 Å². The van der Waals surface area contributed by atoms with E-state index >= 15 is 0 Å². The maximum atomic E-state index is 13.2. The molecule has 1 fully saturated rings. The number of hydrogen-bond donors (Lipinski definition) is 1. The quantitative estimate of drug-likeness (QED) is 0.165. The minimum atomic E-state index is -4.50. The summed E-state index contributed by atoms with van der Waals surface area (Å²) in [6, 6.07) is 15.2. The molecule has 5 aromatic rings. The first-order valence-corrected chi connectivity index (χ1v) is 15.3. The van der Waals surface area contributed by atoms with Gasteiger partial charge in [0.2, 0.25) is 12.7 Å². The first-order valence-electron chi connectivity index (χ1n) is 15.3. The molecule has 0 saturated carbocycles. The lowest BCUT2D eigenvalue weighted by Crippen LogP contribution is -2.31. The average molecular weight is 678 g/mol. The van der Waals surface area contributed by atoms with E-state index in [0.717, 1.165) is 24.1 Å². The van der Waals surface area contributed by atoms with Gasteiger partial charge < -0.3 is 38.1 Å². The predicted octanol–water partition coefficient (Wildman–Crippen LogP) is 6.52. The summed E-state index contributed by atoms with van der Waals surface area (Å²) in [5.74, 6) is 1.27. The van der Waals surface area contributed by atoms with Crippen LogP contribution in [0.25, 0.3) is 22.3 Å². The normalized spacial score (nSPS) is 15.2. The Kier molecular flexibility index (Phi) is 8.40. The molecule has 14 heteroatoms. The number of aromatic carboxylic acids is 1. The molecule has 0 amide bonds. The van der Waals surface area contributed by atoms with Crippen molar-refractivity contribution in [2.24, 2.45) is 0 Å². The Hall–Kier alpha value is -5.50. The Morgan fingerprint density at radius 2 is 1.76 bits per heavy atom. The summed E-state index contributed by atoms with van der Waals surface area (Å²) in [7, 11) is 2.78.